The van der Waals surface area contributed by atoms with Crippen LogP contribution in [0.5, 0.6) is 5.75 Å². The number of aromatic amines is 1. The zero-order chi connectivity index (χ0) is 26.2. The third kappa shape index (κ3) is 5.04. The molecule has 1 saturated heterocycles. The second-order valence-corrected chi connectivity index (χ2v) is 12.0. The number of hydrogen-bond acceptors (Lipinski definition) is 7. The number of aromatic nitrogens is 4. The van der Waals surface area contributed by atoms with Gasteiger partial charge in [-0.25, -0.2) is 13.4 Å². The van der Waals surface area contributed by atoms with Crippen LogP contribution in [-0.2, 0) is 10.0 Å². The average Bonchev–Trinajstić information content (AvgIpc) is 3.06. The van der Waals surface area contributed by atoms with Gasteiger partial charge in [-0.1, -0.05) is 19.3 Å². The highest BCUT2D eigenvalue weighted by molar-refractivity contribution is 7.89. The fraction of sp³-hybridized carbons (Fsp3) is 0.577. The molecule has 3 heterocycles. The van der Waals surface area contributed by atoms with E-state index in [4.69, 9.17) is 14.8 Å². The normalized spacial score (nSPS) is 18.8. The number of aryl methyl sites for hydroxylation is 1. The van der Waals surface area contributed by atoms with E-state index in [0.717, 1.165) is 38.6 Å². The van der Waals surface area contributed by atoms with E-state index in [1.807, 2.05) is 25.6 Å². The molecule has 1 aromatic carbocycles. The van der Waals surface area contributed by atoms with Crippen LogP contribution in [0, 0.1) is 6.92 Å². The third-order valence-corrected chi connectivity index (χ3v) is 9.36. The van der Waals surface area contributed by atoms with Crippen molar-refractivity contribution in [3.8, 4) is 17.1 Å². The van der Waals surface area contributed by atoms with Gasteiger partial charge in [0, 0.05) is 25.7 Å². The SMILES string of the molecule is CCOc1cc(S(=O)(=O)N2CCCN(C)CC2)ccc1-c1nc2c(C)nn(C3CCCCC3)c2c(=O)[nH]1. The van der Waals surface area contributed by atoms with E-state index in [1.54, 1.807) is 18.2 Å². The summed E-state index contributed by atoms with van der Waals surface area (Å²) in [4.78, 5) is 23.3. The Bertz CT molecular complexity index is 1440. The number of rotatable bonds is 6. The summed E-state index contributed by atoms with van der Waals surface area (Å²) in [7, 11) is -1.68. The van der Waals surface area contributed by atoms with E-state index in [-0.39, 0.29) is 16.5 Å². The number of fused-ring (bicyclic) bond motifs is 1. The fourth-order valence-corrected chi connectivity index (χ4v) is 6.94. The van der Waals surface area contributed by atoms with E-state index < -0.39 is 10.0 Å². The molecule has 2 fully saturated rings. The van der Waals surface area contributed by atoms with Crippen LogP contribution < -0.4 is 10.3 Å². The van der Waals surface area contributed by atoms with Gasteiger partial charge in [-0.3, -0.25) is 9.48 Å². The van der Waals surface area contributed by atoms with Crippen LogP contribution >= 0.6 is 0 Å². The van der Waals surface area contributed by atoms with Crippen LogP contribution in [0.2, 0.25) is 0 Å². The van der Waals surface area contributed by atoms with E-state index in [2.05, 4.69) is 9.88 Å². The molecule has 0 unspecified atom stereocenters. The van der Waals surface area contributed by atoms with Gasteiger partial charge in [-0.15, -0.1) is 0 Å². The molecule has 1 aliphatic heterocycles. The molecular formula is C26H36N6O4S. The highest BCUT2D eigenvalue weighted by Crippen LogP contribution is 2.34. The van der Waals surface area contributed by atoms with Gasteiger partial charge < -0.3 is 14.6 Å². The lowest BCUT2D eigenvalue weighted by Crippen LogP contribution is -2.34. The van der Waals surface area contributed by atoms with Crippen molar-refractivity contribution in [2.24, 2.45) is 0 Å². The summed E-state index contributed by atoms with van der Waals surface area (Å²) < 4.78 is 36.2. The van der Waals surface area contributed by atoms with Crippen molar-refractivity contribution < 1.29 is 13.2 Å². The van der Waals surface area contributed by atoms with Gasteiger partial charge in [0.2, 0.25) is 10.0 Å². The zero-order valence-corrected chi connectivity index (χ0v) is 22.7. The highest BCUT2D eigenvalue weighted by Gasteiger charge is 2.28. The number of ether oxygens (including phenoxy) is 1. The molecule has 3 aromatic rings. The van der Waals surface area contributed by atoms with Crippen molar-refractivity contribution in [3.05, 3.63) is 34.2 Å². The van der Waals surface area contributed by atoms with E-state index in [0.29, 0.717) is 60.1 Å². The van der Waals surface area contributed by atoms with Gasteiger partial charge in [0.05, 0.1) is 28.8 Å². The summed E-state index contributed by atoms with van der Waals surface area (Å²) in [6.45, 7) is 6.54. The molecule has 2 aliphatic rings. The molecule has 0 atom stereocenters. The number of nitrogens with zero attached hydrogens (tertiary/aromatic N) is 5. The van der Waals surface area contributed by atoms with Gasteiger partial charge >= 0.3 is 0 Å². The zero-order valence-electron chi connectivity index (χ0n) is 21.9. The van der Waals surface area contributed by atoms with Crippen LogP contribution in [0.4, 0.5) is 0 Å². The summed E-state index contributed by atoms with van der Waals surface area (Å²) in [5.41, 5.74) is 2.06. The van der Waals surface area contributed by atoms with Gasteiger partial charge in [-0.2, -0.15) is 9.40 Å². The minimum atomic E-state index is -3.69. The molecule has 1 N–H and O–H groups in total. The van der Waals surface area contributed by atoms with Crippen LogP contribution in [0.25, 0.3) is 22.4 Å². The van der Waals surface area contributed by atoms with Crippen molar-refractivity contribution >= 4 is 21.1 Å². The smallest absolute Gasteiger partial charge is 0.277 e. The van der Waals surface area contributed by atoms with Crippen molar-refractivity contribution in [3.63, 3.8) is 0 Å². The predicted molar refractivity (Wildman–Crippen MR) is 142 cm³/mol. The lowest BCUT2D eigenvalue weighted by atomic mass is 9.95. The Morgan fingerprint density at radius 1 is 1.08 bits per heavy atom. The maximum Gasteiger partial charge on any atom is 0.277 e. The van der Waals surface area contributed by atoms with E-state index >= 15 is 0 Å². The number of nitrogens with one attached hydrogen (secondary N) is 1. The molecule has 10 nitrogen and oxygen atoms in total. The molecule has 11 heteroatoms. The number of H-pyrrole nitrogens is 1. The fourth-order valence-electron chi connectivity index (χ4n) is 5.45. The molecule has 5 rings (SSSR count). The van der Waals surface area contributed by atoms with E-state index in [9.17, 15) is 13.2 Å². The first-order valence-electron chi connectivity index (χ1n) is 13.2. The third-order valence-electron chi connectivity index (χ3n) is 7.47. The summed E-state index contributed by atoms with van der Waals surface area (Å²) in [6, 6.07) is 5.00. The molecule has 0 radical (unpaired) electrons. The van der Waals surface area contributed by atoms with Gasteiger partial charge in [-0.05, 0) is 58.8 Å². The largest absolute Gasteiger partial charge is 0.493 e. The Morgan fingerprint density at radius 3 is 2.62 bits per heavy atom. The number of hydrogen-bond donors (Lipinski definition) is 1. The number of sulfonamides is 1. The Morgan fingerprint density at radius 2 is 1.86 bits per heavy atom. The molecule has 0 bridgehead atoms. The topological polar surface area (TPSA) is 113 Å². The second kappa shape index (κ2) is 10.5. The summed E-state index contributed by atoms with van der Waals surface area (Å²) >= 11 is 0. The molecular weight excluding hydrogens is 492 g/mol. The standard InChI is InChI=1S/C26H36N6O4S/c1-4-36-22-17-20(37(34,35)31-14-8-13-30(3)15-16-31)11-12-21(22)25-27-23-18(2)29-32(24(23)26(33)28-25)19-9-6-5-7-10-19/h11-12,17,19H,4-10,13-16H2,1-3H3,(H,27,28,33). The quantitative estimate of drug-likeness (QED) is 0.522. The van der Waals surface area contributed by atoms with Crippen molar-refractivity contribution in [1.29, 1.82) is 0 Å². The first-order valence-corrected chi connectivity index (χ1v) is 14.7. The Labute approximate surface area is 217 Å². The van der Waals surface area contributed by atoms with Crippen molar-refractivity contribution in [2.45, 2.75) is 63.3 Å². The lowest BCUT2D eigenvalue weighted by Gasteiger charge is -2.22. The monoisotopic (exact) mass is 528 g/mol. The first-order chi connectivity index (χ1) is 17.8. The van der Waals surface area contributed by atoms with Crippen LogP contribution in [0.3, 0.4) is 0 Å². The molecule has 1 saturated carbocycles. The minimum Gasteiger partial charge on any atom is -0.493 e. The van der Waals surface area contributed by atoms with Crippen molar-refractivity contribution in [2.75, 3.05) is 39.8 Å². The molecule has 2 aromatic heterocycles. The lowest BCUT2D eigenvalue weighted by molar-refractivity contribution is 0.336. The minimum absolute atomic E-state index is 0.175. The summed E-state index contributed by atoms with van der Waals surface area (Å²) in [5.74, 6) is 0.711. The first kappa shape index (κ1) is 25.9. The molecule has 0 spiro atoms. The highest BCUT2D eigenvalue weighted by atomic mass is 32.2. The van der Waals surface area contributed by atoms with E-state index in [1.165, 1.54) is 10.7 Å². The maximum absolute atomic E-state index is 13.4. The Kier molecular flexibility index (Phi) is 7.37. The number of likely N-dealkylation sites (N-methyl/N-ethyl adjacent to an activating group) is 1. The Balaban J connectivity index is 1.54. The molecule has 37 heavy (non-hydrogen) atoms. The summed E-state index contributed by atoms with van der Waals surface area (Å²) in [5, 5.41) is 4.69. The van der Waals surface area contributed by atoms with Crippen molar-refractivity contribution in [1.82, 2.24) is 29.0 Å². The van der Waals surface area contributed by atoms with Crippen LogP contribution in [0.15, 0.2) is 27.9 Å². The Hall–Kier alpha value is -2.76. The van der Waals surface area contributed by atoms with Crippen LogP contribution in [0.1, 0.15) is 57.2 Å². The van der Waals surface area contributed by atoms with Gasteiger partial charge in [0.25, 0.3) is 5.56 Å². The van der Waals surface area contributed by atoms with Gasteiger partial charge in [0.15, 0.2) is 5.52 Å². The van der Waals surface area contributed by atoms with Crippen LogP contribution in [-0.4, -0.2) is 77.2 Å². The average molecular weight is 529 g/mol. The number of benzene rings is 1. The maximum atomic E-state index is 13.4. The molecule has 0 amide bonds. The molecule has 200 valence electrons. The van der Waals surface area contributed by atoms with Gasteiger partial charge in [0.1, 0.15) is 17.1 Å². The second-order valence-electron chi connectivity index (χ2n) is 10.1. The summed E-state index contributed by atoms with van der Waals surface area (Å²) in [6.07, 6.45) is 6.29. The molecule has 1 aliphatic carbocycles. The predicted octanol–water partition coefficient (Wildman–Crippen LogP) is 3.33.